The van der Waals surface area contributed by atoms with Gasteiger partial charge in [0.15, 0.2) is 12.6 Å². The number of carbonyl (C=O) groups excluding carboxylic acids is 1. The molecule has 1 N–H and O–H groups in total. The van der Waals surface area contributed by atoms with E-state index < -0.39 is 0 Å². The number of nitrogens with zero attached hydrogens (tertiary/aromatic N) is 5. The summed E-state index contributed by atoms with van der Waals surface area (Å²) in [5.74, 6) is 0.574. The molecule has 29 heavy (non-hydrogen) atoms. The summed E-state index contributed by atoms with van der Waals surface area (Å²) in [6, 6.07) is 17.5. The van der Waals surface area contributed by atoms with E-state index in [9.17, 15) is 4.79 Å². The number of carbonyl (C=O) groups is 1. The lowest BCUT2D eigenvalue weighted by molar-refractivity contribution is -0.451. The molecule has 2 aromatic carbocycles. The molecule has 0 radical (unpaired) electrons. The van der Waals surface area contributed by atoms with E-state index in [0.717, 1.165) is 22.5 Å². The lowest BCUT2D eigenvalue weighted by Crippen LogP contribution is -2.42. The Kier molecular flexibility index (Phi) is 4.13. The molecule has 0 bridgehead atoms. The highest BCUT2D eigenvalue weighted by atomic mass is 16.2. The summed E-state index contributed by atoms with van der Waals surface area (Å²) in [5, 5.41) is 18.0. The molecule has 1 amide bonds. The number of hydrogen-bond acceptors (Lipinski definition) is 5. The number of benzene rings is 2. The quantitative estimate of drug-likeness (QED) is 0.823. The second-order valence-electron chi connectivity index (χ2n) is 7.10. The van der Waals surface area contributed by atoms with Gasteiger partial charge in [0.2, 0.25) is 0 Å². The zero-order chi connectivity index (χ0) is 19.8. The topological polar surface area (TPSA) is 72.4 Å². The Morgan fingerprint density at radius 3 is 2.72 bits per heavy atom. The zero-order valence-corrected chi connectivity index (χ0v) is 15.9. The van der Waals surface area contributed by atoms with Crippen molar-refractivity contribution in [3.63, 3.8) is 0 Å². The number of aryl methyl sites for hydroxylation is 1. The van der Waals surface area contributed by atoms with Crippen LogP contribution < -0.4 is 5.32 Å². The largest absolute Gasteiger partial charge is 0.356 e. The molecule has 3 heterocycles. The highest BCUT2D eigenvalue weighted by Crippen LogP contribution is 2.31. The fraction of sp³-hybridized carbons (Fsp3) is 0.136. The molecule has 3 aliphatic heterocycles. The Morgan fingerprint density at radius 1 is 1.14 bits per heavy atom. The van der Waals surface area contributed by atoms with Gasteiger partial charge in [-0.15, -0.1) is 0 Å². The van der Waals surface area contributed by atoms with Crippen LogP contribution in [0.1, 0.15) is 11.1 Å². The van der Waals surface area contributed by atoms with Crippen molar-refractivity contribution in [2.24, 2.45) is 15.3 Å². The summed E-state index contributed by atoms with van der Waals surface area (Å²) in [5.41, 5.74) is 4.87. The molecule has 0 aromatic heterocycles. The number of azo groups is 1. The summed E-state index contributed by atoms with van der Waals surface area (Å²) in [6.45, 7) is 2.21. The molecule has 0 fully saturated rings. The maximum atomic E-state index is 12.5. The molecule has 0 saturated carbocycles. The Hall–Kier alpha value is -3.87. The second-order valence-corrected chi connectivity index (χ2v) is 7.10. The van der Waals surface area contributed by atoms with Gasteiger partial charge in [0.1, 0.15) is 6.20 Å². The molecule has 5 rings (SSSR count). The van der Waals surface area contributed by atoms with Gasteiger partial charge in [0, 0.05) is 16.8 Å². The summed E-state index contributed by atoms with van der Waals surface area (Å²) >= 11 is 0. The molecule has 7 heteroatoms. The smallest absolute Gasteiger partial charge is 0.323 e. The number of anilines is 1. The molecular formula is C22H19N6O+. The normalized spacial score (nSPS) is 19.1. The second kappa shape index (κ2) is 6.94. The number of amidine groups is 1. The first kappa shape index (κ1) is 17.2. The van der Waals surface area contributed by atoms with Crippen LogP contribution in [0.4, 0.5) is 5.69 Å². The van der Waals surface area contributed by atoms with E-state index in [1.807, 2.05) is 52.3 Å². The molecule has 1 atom stereocenters. The van der Waals surface area contributed by atoms with Crippen LogP contribution >= 0.6 is 0 Å². The summed E-state index contributed by atoms with van der Waals surface area (Å²) < 4.78 is 1.82. The number of amides is 1. The van der Waals surface area contributed by atoms with Crippen molar-refractivity contribution in [2.45, 2.75) is 13.0 Å². The van der Waals surface area contributed by atoms with Crippen LogP contribution in [0.15, 0.2) is 94.1 Å². The fourth-order valence-electron chi connectivity index (χ4n) is 3.60. The molecule has 0 spiro atoms. The third-order valence-electron chi connectivity index (χ3n) is 5.04. The number of nitrogens with one attached hydrogen (secondary N) is 1. The summed E-state index contributed by atoms with van der Waals surface area (Å²) in [6.07, 6.45) is 5.45. The first-order valence-corrected chi connectivity index (χ1v) is 9.41. The maximum Gasteiger partial charge on any atom is 0.356 e. The van der Waals surface area contributed by atoms with Crippen LogP contribution in [0, 0.1) is 6.92 Å². The Bertz CT molecular complexity index is 1130. The number of rotatable bonds is 4. The Morgan fingerprint density at radius 2 is 1.93 bits per heavy atom. The Balaban J connectivity index is 1.41. The molecule has 7 nitrogen and oxygen atoms in total. The van der Waals surface area contributed by atoms with Gasteiger partial charge >= 0.3 is 5.84 Å². The molecule has 142 valence electrons. The van der Waals surface area contributed by atoms with Crippen molar-refractivity contribution in [2.75, 3.05) is 11.9 Å². The van der Waals surface area contributed by atoms with Gasteiger partial charge in [-0.1, -0.05) is 48.0 Å². The zero-order valence-electron chi connectivity index (χ0n) is 15.9. The van der Waals surface area contributed by atoms with E-state index in [0.29, 0.717) is 5.84 Å². The van der Waals surface area contributed by atoms with E-state index in [4.69, 9.17) is 5.10 Å². The van der Waals surface area contributed by atoms with E-state index in [1.54, 1.807) is 6.20 Å². The van der Waals surface area contributed by atoms with Crippen molar-refractivity contribution in [1.29, 1.82) is 0 Å². The lowest BCUT2D eigenvalue weighted by Gasteiger charge is -2.22. The third-order valence-corrected chi connectivity index (χ3v) is 5.04. The average molecular weight is 383 g/mol. The van der Waals surface area contributed by atoms with Crippen LogP contribution in [0.5, 0.6) is 0 Å². The number of hydrogen-bond donors (Lipinski definition) is 1. The van der Waals surface area contributed by atoms with E-state index in [2.05, 4.69) is 46.7 Å². The van der Waals surface area contributed by atoms with Crippen molar-refractivity contribution < 1.29 is 9.37 Å². The molecule has 3 aliphatic rings. The first-order chi connectivity index (χ1) is 14.2. The summed E-state index contributed by atoms with van der Waals surface area (Å²) in [7, 11) is 0. The highest BCUT2D eigenvalue weighted by Gasteiger charge is 2.45. The molecule has 0 aliphatic carbocycles. The molecule has 0 saturated heterocycles. The van der Waals surface area contributed by atoms with Crippen LogP contribution in [-0.2, 0) is 4.79 Å². The SMILES string of the molecule is Cc1ccc(C2=NN3C=C[N+](CC(=O)Nc4ccccc4)=C4N=NC=C2C43)cc1. The maximum absolute atomic E-state index is 12.5. The minimum Gasteiger partial charge on any atom is -0.323 e. The van der Waals surface area contributed by atoms with Crippen LogP contribution in [-0.4, -0.2) is 39.6 Å². The molecular weight excluding hydrogens is 364 g/mol. The molecule has 1 unspecified atom stereocenters. The minimum absolute atomic E-state index is 0.120. The van der Waals surface area contributed by atoms with Crippen molar-refractivity contribution in [3.8, 4) is 0 Å². The lowest BCUT2D eigenvalue weighted by atomic mass is 9.96. The van der Waals surface area contributed by atoms with E-state index in [1.165, 1.54) is 5.56 Å². The van der Waals surface area contributed by atoms with Gasteiger partial charge < -0.3 is 5.32 Å². The predicted molar refractivity (Wildman–Crippen MR) is 111 cm³/mol. The first-order valence-electron chi connectivity index (χ1n) is 9.41. The van der Waals surface area contributed by atoms with Crippen molar-refractivity contribution in [3.05, 3.63) is 89.9 Å². The van der Waals surface area contributed by atoms with Gasteiger partial charge in [0.25, 0.3) is 5.91 Å². The van der Waals surface area contributed by atoms with Gasteiger partial charge in [-0.25, -0.2) is 9.58 Å². The third kappa shape index (κ3) is 3.16. The predicted octanol–water partition coefficient (Wildman–Crippen LogP) is 3.27. The van der Waals surface area contributed by atoms with Crippen molar-refractivity contribution in [1.82, 2.24) is 5.01 Å². The number of para-hydroxylation sites is 1. The molecule has 2 aromatic rings. The minimum atomic E-state index is -0.168. The van der Waals surface area contributed by atoms with Crippen LogP contribution in [0.25, 0.3) is 0 Å². The monoisotopic (exact) mass is 383 g/mol. The van der Waals surface area contributed by atoms with Gasteiger partial charge in [-0.3, -0.25) is 4.79 Å². The van der Waals surface area contributed by atoms with Crippen LogP contribution in [0.2, 0.25) is 0 Å². The van der Waals surface area contributed by atoms with Crippen molar-refractivity contribution >= 4 is 23.1 Å². The van der Waals surface area contributed by atoms with E-state index in [-0.39, 0.29) is 18.5 Å². The summed E-state index contributed by atoms with van der Waals surface area (Å²) in [4.78, 5) is 12.5. The van der Waals surface area contributed by atoms with Gasteiger partial charge in [-0.05, 0) is 24.2 Å². The number of hydrazone groups is 1. The highest BCUT2D eigenvalue weighted by molar-refractivity contribution is 6.18. The van der Waals surface area contributed by atoms with Crippen LogP contribution in [0.3, 0.4) is 0 Å². The standard InChI is InChI=1S/C22H18N6O/c1-15-7-9-16(10-8-15)20-18-13-23-25-22-21(18)28(26-20)12-11-27(22)14-19(29)24-17-5-3-2-4-6-17/h2-13,21H,14H2,1H3/p+1. The average Bonchev–Trinajstić information content (AvgIpc) is 3.12. The Labute approximate surface area is 168 Å². The van der Waals surface area contributed by atoms with Gasteiger partial charge in [0.05, 0.1) is 23.2 Å². The fourth-order valence-corrected chi connectivity index (χ4v) is 3.60. The van der Waals surface area contributed by atoms with Gasteiger partial charge in [-0.2, -0.15) is 5.10 Å². The van der Waals surface area contributed by atoms with E-state index >= 15 is 0 Å².